The molecule has 0 bridgehead atoms. The molecule has 1 aromatic heterocycles. The van der Waals surface area contributed by atoms with Crippen LogP contribution in [0, 0.1) is 6.92 Å². The van der Waals surface area contributed by atoms with Gasteiger partial charge in [-0.25, -0.2) is 12.7 Å². The molecule has 0 spiro atoms. The minimum Gasteiger partial charge on any atom is -0.333 e. The molecule has 31 heavy (non-hydrogen) atoms. The molecule has 168 valence electrons. The lowest BCUT2D eigenvalue weighted by molar-refractivity contribution is -0.132. The van der Waals surface area contributed by atoms with E-state index in [1.807, 2.05) is 36.1 Å². The van der Waals surface area contributed by atoms with Crippen molar-refractivity contribution in [1.29, 1.82) is 0 Å². The van der Waals surface area contributed by atoms with Crippen LogP contribution in [0.5, 0.6) is 0 Å². The standard InChI is InChI=1S/C22H31N5O3S/c1-16(2)31(29,30)26-10-8-18(9-11-26)22-24-23-20-15-25(12-13-27(20)22)21(28)14-19-7-5-4-6-17(19)3/h4-7,16,18H,8-15H2,1-3H3. The van der Waals surface area contributed by atoms with Crippen molar-refractivity contribution in [2.45, 2.75) is 64.3 Å². The van der Waals surface area contributed by atoms with E-state index < -0.39 is 15.3 Å². The van der Waals surface area contributed by atoms with Crippen LogP contribution in [0.1, 0.15) is 55.4 Å². The van der Waals surface area contributed by atoms with Gasteiger partial charge in [0, 0.05) is 32.1 Å². The van der Waals surface area contributed by atoms with Crippen molar-refractivity contribution in [3.8, 4) is 0 Å². The molecule has 0 N–H and O–H groups in total. The van der Waals surface area contributed by atoms with E-state index in [4.69, 9.17) is 0 Å². The third-order valence-electron chi connectivity index (χ3n) is 6.51. The third-order valence-corrected chi connectivity index (χ3v) is 8.79. The predicted molar refractivity (Wildman–Crippen MR) is 118 cm³/mol. The average molecular weight is 446 g/mol. The van der Waals surface area contributed by atoms with Crippen LogP contribution in [0.3, 0.4) is 0 Å². The first-order valence-electron chi connectivity index (χ1n) is 11.0. The van der Waals surface area contributed by atoms with Crippen LogP contribution in [0.2, 0.25) is 0 Å². The van der Waals surface area contributed by atoms with Crippen molar-refractivity contribution in [2.24, 2.45) is 0 Å². The van der Waals surface area contributed by atoms with Crippen molar-refractivity contribution in [1.82, 2.24) is 24.0 Å². The summed E-state index contributed by atoms with van der Waals surface area (Å²) in [7, 11) is -3.21. The van der Waals surface area contributed by atoms with Crippen LogP contribution in [-0.2, 0) is 34.3 Å². The van der Waals surface area contributed by atoms with Gasteiger partial charge in [-0.05, 0) is 44.7 Å². The zero-order valence-electron chi connectivity index (χ0n) is 18.5. The smallest absolute Gasteiger partial charge is 0.227 e. The molecule has 2 aliphatic rings. The summed E-state index contributed by atoms with van der Waals surface area (Å²) in [5.74, 6) is 2.06. The number of nitrogens with zero attached hydrogens (tertiary/aromatic N) is 5. The van der Waals surface area contributed by atoms with Crippen LogP contribution in [0.25, 0.3) is 0 Å². The van der Waals surface area contributed by atoms with Gasteiger partial charge in [-0.2, -0.15) is 0 Å². The van der Waals surface area contributed by atoms with Gasteiger partial charge in [-0.15, -0.1) is 10.2 Å². The highest BCUT2D eigenvalue weighted by Gasteiger charge is 2.34. The number of aryl methyl sites for hydroxylation is 1. The van der Waals surface area contributed by atoms with E-state index in [0.717, 1.165) is 35.6 Å². The van der Waals surface area contributed by atoms with Crippen molar-refractivity contribution < 1.29 is 13.2 Å². The summed E-state index contributed by atoms with van der Waals surface area (Å²) in [6, 6.07) is 7.98. The Hall–Kier alpha value is -2.26. The van der Waals surface area contributed by atoms with Crippen LogP contribution in [0.15, 0.2) is 24.3 Å². The lowest BCUT2D eigenvalue weighted by atomic mass is 9.97. The van der Waals surface area contributed by atoms with Gasteiger partial charge in [-0.1, -0.05) is 24.3 Å². The summed E-state index contributed by atoms with van der Waals surface area (Å²) in [5, 5.41) is 8.42. The molecule has 1 saturated heterocycles. The lowest BCUT2D eigenvalue weighted by Crippen LogP contribution is -2.42. The second kappa shape index (κ2) is 8.70. The second-order valence-electron chi connectivity index (χ2n) is 8.81. The molecule has 0 atom stereocenters. The Kier molecular flexibility index (Phi) is 6.16. The molecule has 4 rings (SSSR count). The molecule has 1 fully saturated rings. The molecular formula is C22H31N5O3S. The van der Waals surface area contributed by atoms with E-state index in [2.05, 4.69) is 14.8 Å². The minimum atomic E-state index is -3.21. The number of hydrogen-bond donors (Lipinski definition) is 0. The fourth-order valence-corrected chi connectivity index (χ4v) is 5.76. The van der Waals surface area contributed by atoms with E-state index >= 15 is 0 Å². The molecule has 9 heteroatoms. The van der Waals surface area contributed by atoms with Crippen molar-refractivity contribution in [3.05, 3.63) is 47.0 Å². The van der Waals surface area contributed by atoms with E-state index in [1.165, 1.54) is 0 Å². The number of rotatable bonds is 5. The molecule has 0 saturated carbocycles. The number of carbonyl (C=O) groups excluding carboxylic acids is 1. The fraction of sp³-hybridized carbons (Fsp3) is 0.591. The van der Waals surface area contributed by atoms with Gasteiger partial charge in [0.05, 0.1) is 18.2 Å². The number of benzene rings is 1. The molecule has 3 heterocycles. The normalized spacial score (nSPS) is 18.4. The van der Waals surface area contributed by atoms with E-state index in [0.29, 0.717) is 39.1 Å². The average Bonchev–Trinajstić information content (AvgIpc) is 3.18. The van der Waals surface area contributed by atoms with Gasteiger partial charge < -0.3 is 9.47 Å². The van der Waals surface area contributed by atoms with Gasteiger partial charge in [0.15, 0.2) is 5.82 Å². The topological polar surface area (TPSA) is 88.4 Å². The van der Waals surface area contributed by atoms with E-state index in [9.17, 15) is 13.2 Å². The highest BCUT2D eigenvalue weighted by molar-refractivity contribution is 7.89. The number of carbonyl (C=O) groups is 1. The molecule has 0 radical (unpaired) electrons. The zero-order chi connectivity index (χ0) is 22.2. The zero-order valence-corrected chi connectivity index (χ0v) is 19.3. The van der Waals surface area contributed by atoms with Gasteiger partial charge >= 0.3 is 0 Å². The van der Waals surface area contributed by atoms with E-state index in [1.54, 1.807) is 18.2 Å². The fourth-order valence-electron chi connectivity index (χ4n) is 4.44. The maximum atomic E-state index is 12.8. The van der Waals surface area contributed by atoms with Gasteiger partial charge in [0.25, 0.3) is 0 Å². The Bertz CT molecular complexity index is 1050. The van der Waals surface area contributed by atoms with Crippen LogP contribution < -0.4 is 0 Å². The second-order valence-corrected chi connectivity index (χ2v) is 11.3. The summed E-state index contributed by atoms with van der Waals surface area (Å²) in [4.78, 5) is 14.7. The molecule has 0 unspecified atom stereocenters. The molecular weight excluding hydrogens is 414 g/mol. The first-order chi connectivity index (χ1) is 14.8. The highest BCUT2D eigenvalue weighted by Crippen LogP contribution is 2.30. The number of hydrogen-bond acceptors (Lipinski definition) is 5. The maximum Gasteiger partial charge on any atom is 0.227 e. The Balaban J connectivity index is 1.40. The molecule has 2 aromatic rings. The summed E-state index contributed by atoms with van der Waals surface area (Å²) >= 11 is 0. The van der Waals surface area contributed by atoms with Crippen molar-refractivity contribution in [2.75, 3.05) is 19.6 Å². The molecule has 0 aliphatic carbocycles. The Morgan fingerprint density at radius 2 is 1.81 bits per heavy atom. The lowest BCUT2D eigenvalue weighted by Gasteiger charge is -2.33. The van der Waals surface area contributed by atoms with Crippen LogP contribution >= 0.6 is 0 Å². The first kappa shape index (κ1) is 22.0. The maximum absolute atomic E-state index is 12.8. The van der Waals surface area contributed by atoms with Gasteiger partial charge in [-0.3, -0.25) is 4.79 Å². The molecule has 8 nitrogen and oxygen atoms in total. The van der Waals surface area contributed by atoms with Crippen molar-refractivity contribution in [3.63, 3.8) is 0 Å². The summed E-state index contributed by atoms with van der Waals surface area (Å²) in [5.41, 5.74) is 2.19. The van der Waals surface area contributed by atoms with E-state index in [-0.39, 0.29) is 11.8 Å². The Labute approximate surface area is 184 Å². The van der Waals surface area contributed by atoms with Gasteiger partial charge in [0.2, 0.25) is 15.9 Å². The largest absolute Gasteiger partial charge is 0.333 e. The molecule has 1 aromatic carbocycles. The minimum absolute atomic E-state index is 0.109. The van der Waals surface area contributed by atoms with Gasteiger partial charge in [0.1, 0.15) is 5.82 Å². The molecule has 2 aliphatic heterocycles. The summed E-state index contributed by atoms with van der Waals surface area (Å²) < 4.78 is 28.6. The molecule has 1 amide bonds. The summed E-state index contributed by atoms with van der Waals surface area (Å²) in [6.07, 6.45) is 1.90. The number of aromatic nitrogens is 3. The predicted octanol–water partition coefficient (Wildman–Crippen LogP) is 2.09. The van der Waals surface area contributed by atoms with Crippen LogP contribution in [0.4, 0.5) is 0 Å². The number of amides is 1. The van der Waals surface area contributed by atoms with Crippen LogP contribution in [-0.4, -0.2) is 63.2 Å². The highest BCUT2D eigenvalue weighted by atomic mass is 32.2. The Morgan fingerprint density at radius 1 is 1.10 bits per heavy atom. The first-order valence-corrected chi connectivity index (χ1v) is 12.5. The monoisotopic (exact) mass is 445 g/mol. The quantitative estimate of drug-likeness (QED) is 0.703. The SMILES string of the molecule is Cc1ccccc1CC(=O)N1CCn2c(nnc2C2CCN(S(=O)(=O)C(C)C)CC2)C1. The summed E-state index contributed by atoms with van der Waals surface area (Å²) in [6.45, 7) is 8.32. The van der Waals surface area contributed by atoms with Crippen molar-refractivity contribution >= 4 is 15.9 Å². The number of sulfonamides is 1. The number of fused-ring (bicyclic) bond motifs is 1. The third kappa shape index (κ3) is 4.39. The Morgan fingerprint density at radius 3 is 2.48 bits per heavy atom. The number of piperidine rings is 1.